The molecule has 2 fully saturated rings. The van der Waals surface area contributed by atoms with Crippen LogP contribution >= 0.6 is 0 Å². The van der Waals surface area contributed by atoms with Crippen molar-refractivity contribution in [2.75, 3.05) is 14.2 Å². The Morgan fingerprint density at radius 2 is 1.70 bits per heavy atom. The van der Waals surface area contributed by atoms with Gasteiger partial charge < -0.3 is 15.2 Å². The number of hydrogen-bond donors (Lipinski definition) is 1. The zero-order valence-corrected chi connectivity index (χ0v) is 12.0. The number of Topliss-reactive ketones (excluding diaryl/α,β-unsaturated/α-hetero) is 1. The minimum atomic E-state index is -0.0365. The molecule has 2 N–H and O–H groups in total. The normalized spacial score (nSPS) is 31.4. The van der Waals surface area contributed by atoms with Crippen LogP contribution in [0.2, 0.25) is 0 Å². The largest absolute Gasteiger partial charge is 0.497 e. The van der Waals surface area contributed by atoms with Crippen LogP contribution in [0.4, 0.5) is 0 Å². The van der Waals surface area contributed by atoms with E-state index in [9.17, 15) is 4.79 Å². The van der Waals surface area contributed by atoms with Crippen LogP contribution in [0.15, 0.2) is 18.2 Å². The van der Waals surface area contributed by atoms with Crippen molar-refractivity contribution >= 4 is 5.78 Å². The minimum absolute atomic E-state index is 0.0124. The fourth-order valence-corrected chi connectivity index (χ4v) is 3.87. The number of nitrogens with two attached hydrogens (primary N) is 1. The lowest BCUT2D eigenvalue weighted by molar-refractivity contribution is 0.0855. The molecule has 4 atom stereocenters. The Kier molecular flexibility index (Phi) is 3.42. The Morgan fingerprint density at radius 3 is 2.20 bits per heavy atom. The van der Waals surface area contributed by atoms with Gasteiger partial charge in [0.15, 0.2) is 5.78 Å². The smallest absolute Gasteiger partial charge is 0.168 e. The molecule has 0 amide bonds. The number of benzene rings is 1. The van der Waals surface area contributed by atoms with Crippen LogP contribution in [0.25, 0.3) is 0 Å². The number of ketones is 1. The molecular weight excluding hydrogens is 254 g/mol. The highest BCUT2D eigenvalue weighted by molar-refractivity contribution is 5.99. The van der Waals surface area contributed by atoms with Gasteiger partial charge in [0.05, 0.1) is 14.2 Å². The van der Waals surface area contributed by atoms with Crippen molar-refractivity contribution in [2.24, 2.45) is 23.5 Å². The second-order valence-electron chi connectivity index (χ2n) is 5.90. The van der Waals surface area contributed by atoms with Gasteiger partial charge in [-0.05, 0) is 43.2 Å². The van der Waals surface area contributed by atoms with Crippen LogP contribution in [0.1, 0.15) is 29.6 Å². The highest BCUT2D eigenvalue weighted by Gasteiger charge is 2.49. The van der Waals surface area contributed by atoms with Gasteiger partial charge in [0, 0.05) is 23.6 Å². The minimum Gasteiger partial charge on any atom is -0.497 e. The molecule has 4 heteroatoms. The summed E-state index contributed by atoms with van der Waals surface area (Å²) in [5, 5.41) is 0. The lowest BCUT2D eigenvalue weighted by atomic mass is 9.80. The first-order valence-corrected chi connectivity index (χ1v) is 7.17. The van der Waals surface area contributed by atoms with Crippen LogP contribution in [0, 0.1) is 17.8 Å². The van der Waals surface area contributed by atoms with Crippen molar-refractivity contribution in [1.29, 1.82) is 0 Å². The first kappa shape index (κ1) is 13.4. The number of ether oxygens (including phenoxy) is 2. The third-order valence-corrected chi connectivity index (χ3v) is 4.92. The third kappa shape index (κ3) is 2.08. The van der Waals surface area contributed by atoms with Gasteiger partial charge in [-0.15, -0.1) is 0 Å². The predicted molar refractivity (Wildman–Crippen MR) is 76.2 cm³/mol. The summed E-state index contributed by atoms with van der Waals surface area (Å²) < 4.78 is 10.5. The van der Waals surface area contributed by atoms with Crippen molar-refractivity contribution < 1.29 is 14.3 Å². The fourth-order valence-electron chi connectivity index (χ4n) is 3.87. The second kappa shape index (κ2) is 5.09. The van der Waals surface area contributed by atoms with E-state index in [1.807, 2.05) is 0 Å². The van der Waals surface area contributed by atoms with E-state index in [4.69, 9.17) is 15.2 Å². The Morgan fingerprint density at radius 1 is 1.10 bits per heavy atom. The maximum atomic E-state index is 12.8. The van der Waals surface area contributed by atoms with Crippen molar-refractivity contribution in [3.05, 3.63) is 23.8 Å². The van der Waals surface area contributed by atoms with Gasteiger partial charge in [0.25, 0.3) is 0 Å². The maximum Gasteiger partial charge on any atom is 0.168 e. The molecule has 20 heavy (non-hydrogen) atoms. The standard InChI is InChI=1S/C16H21NO3/c1-19-12-6-11(7-13(8-12)20-2)16(18)14-9-3-4-10(5-9)15(14)17/h6-10,14-15H,3-5,17H2,1-2H3. The van der Waals surface area contributed by atoms with E-state index in [2.05, 4.69) is 0 Å². The summed E-state index contributed by atoms with van der Waals surface area (Å²) in [5.74, 6) is 2.38. The van der Waals surface area contributed by atoms with Crippen molar-refractivity contribution in [1.82, 2.24) is 0 Å². The zero-order chi connectivity index (χ0) is 14.3. The molecule has 0 aliphatic heterocycles. The highest BCUT2D eigenvalue weighted by atomic mass is 16.5. The van der Waals surface area contributed by atoms with Crippen molar-refractivity contribution in [3.63, 3.8) is 0 Å². The SMILES string of the molecule is COc1cc(OC)cc(C(=O)C2C3CCC(C3)C2N)c1. The molecule has 2 aliphatic carbocycles. The molecule has 2 aliphatic rings. The highest BCUT2D eigenvalue weighted by Crippen LogP contribution is 2.48. The van der Waals surface area contributed by atoms with E-state index in [0.29, 0.717) is 28.9 Å². The van der Waals surface area contributed by atoms with Crippen LogP contribution in [-0.4, -0.2) is 26.0 Å². The Bertz CT molecular complexity index is 504. The first-order chi connectivity index (χ1) is 9.63. The van der Waals surface area contributed by atoms with Crippen LogP contribution < -0.4 is 15.2 Å². The summed E-state index contributed by atoms with van der Waals surface area (Å²) >= 11 is 0. The zero-order valence-electron chi connectivity index (χ0n) is 12.0. The number of fused-ring (bicyclic) bond motifs is 2. The molecule has 0 heterocycles. The molecule has 1 aromatic rings. The van der Waals surface area contributed by atoms with Gasteiger partial charge in [0.2, 0.25) is 0 Å². The summed E-state index contributed by atoms with van der Waals surface area (Å²) in [6.45, 7) is 0. The fraction of sp³-hybridized carbons (Fsp3) is 0.562. The molecule has 0 radical (unpaired) electrons. The molecule has 4 unspecified atom stereocenters. The molecule has 108 valence electrons. The molecule has 0 spiro atoms. The topological polar surface area (TPSA) is 61.5 Å². The van der Waals surface area contributed by atoms with Gasteiger partial charge in [0.1, 0.15) is 11.5 Å². The number of methoxy groups -OCH3 is 2. The molecule has 2 saturated carbocycles. The van der Waals surface area contributed by atoms with E-state index in [1.54, 1.807) is 32.4 Å². The Labute approximate surface area is 119 Å². The molecule has 0 aromatic heterocycles. The lowest BCUT2D eigenvalue weighted by Gasteiger charge is -2.27. The van der Waals surface area contributed by atoms with Crippen molar-refractivity contribution in [3.8, 4) is 11.5 Å². The lowest BCUT2D eigenvalue weighted by Crippen LogP contribution is -2.40. The van der Waals surface area contributed by atoms with E-state index in [0.717, 1.165) is 12.8 Å². The number of hydrogen-bond acceptors (Lipinski definition) is 4. The second-order valence-corrected chi connectivity index (χ2v) is 5.90. The molecule has 0 saturated heterocycles. The molecule has 2 bridgehead atoms. The number of carbonyl (C=O) groups excluding carboxylic acids is 1. The molecule has 4 nitrogen and oxygen atoms in total. The first-order valence-electron chi connectivity index (χ1n) is 7.17. The average molecular weight is 275 g/mol. The van der Waals surface area contributed by atoms with Gasteiger partial charge in [-0.3, -0.25) is 4.79 Å². The number of carbonyl (C=O) groups is 1. The van der Waals surface area contributed by atoms with E-state index >= 15 is 0 Å². The van der Waals surface area contributed by atoms with Gasteiger partial charge in [-0.1, -0.05) is 0 Å². The van der Waals surface area contributed by atoms with E-state index in [-0.39, 0.29) is 17.7 Å². The Hall–Kier alpha value is -1.55. The maximum absolute atomic E-state index is 12.8. The summed E-state index contributed by atoms with van der Waals surface area (Å²) in [6, 6.07) is 5.35. The number of rotatable bonds is 4. The summed E-state index contributed by atoms with van der Waals surface area (Å²) in [6.07, 6.45) is 3.42. The Balaban J connectivity index is 1.90. The van der Waals surface area contributed by atoms with Crippen LogP contribution in [-0.2, 0) is 0 Å². The van der Waals surface area contributed by atoms with E-state index in [1.165, 1.54) is 6.42 Å². The molecule has 3 rings (SSSR count). The summed E-state index contributed by atoms with van der Waals surface area (Å²) in [5.41, 5.74) is 6.91. The monoisotopic (exact) mass is 275 g/mol. The van der Waals surface area contributed by atoms with Gasteiger partial charge in [-0.25, -0.2) is 0 Å². The molecular formula is C16H21NO3. The summed E-state index contributed by atoms with van der Waals surface area (Å²) in [4.78, 5) is 12.8. The third-order valence-electron chi connectivity index (χ3n) is 4.92. The van der Waals surface area contributed by atoms with Gasteiger partial charge >= 0.3 is 0 Å². The summed E-state index contributed by atoms with van der Waals surface area (Å²) in [7, 11) is 3.18. The van der Waals surface area contributed by atoms with Gasteiger partial charge in [-0.2, -0.15) is 0 Å². The average Bonchev–Trinajstić information content (AvgIpc) is 3.06. The predicted octanol–water partition coefficient (Wildman–Crippen LogP) is 2.26. The van der Waals surface area contributed by atoms with Crippen molar-refractivity contribution in [2.45, 2.75) is 25.3 Å². The van der Waals surface area contributed by atoms with E-state index < -0.39 is 0 Å². The quantitative estimate of drug-likeness (QED) is 0.856. The van der Waals surface area contributed by atoms with Crippen LogP contribution in [0.5, 0.6) is 11.5 Å². The molecule has 1 aromatic carbocycles. The van der Waals surface area contributed by atoms with Crippen LogP contribution in [0.3, 0.4) is 0 Å².